The summed E-state index contributed by atoms with van der Waals surface area (Å²) in [6, 6.07) is 3.73. The van der Waals surface area contributed by atoms with Gasteiger partial charge < -0.3 is 4.74 Å². The van der Waals surface area contributed by atoms with Crippen molar-refractivity contribution in [2.45, 2.75) is 26.8 Å². The third-order valence-electron chi connectivity index (χ3n) is 2.88. The fourth-order valence-electron chi connectivity index (χ4n) is 1.94. The molecule has 0 N–H and O–H groups in total. The Morgan fingerprint density at radius 2 is 2.26 bits per heavy atom. The maximum absolute atomic E-state index is 11.9. The summed E-state index contributed by atoms with van der Waals surface area (Å²) in [7, 11) is 0. The van der Waals surface area contributed by atoms with Crippen molar-refractivity contribution in [2.24, 2.45) is 0 Å². The summed E-state index contributed by atoms with van der Waals surface area (Å²) in [6.07, 6.45) is 3.47. The number of pyridine rings is 1. The van der Waals surface area contributed by atoms with Crippen LogP contribution in [0.1, 0.15) is 41.9 Å². The number of hydrogen-bond donors (Lipinski definition) is 0. The Labute approximate surface area is 111 Å². The number of aryl methyl sites for hydroxylation is 1. The molecule has 0 aliphatic heterocycles. The van der Waals surface area contributed by atoms with E-state index in [4.69, 9.17) is 4.74 Å². The van der Waals surface area contributed by atoms with E-state index in [0.717, 1.165) is 5.56 Å². The second-order valence-electron chi connectivity index (χ2n) is 4.12. The second kappa shape index (κ2) is 5.60. The number of carbonyl (C=O) groups is 1. The quantitative estimate of drug-likeness (QED) is 0.783. The van der Waals surface area contributed by atoms with Gasteiger partial charge >= 0.3 is 5.97 Å². The van der Waals surface area contributed by atoms with Gasteiger partial charge in [-0.25, -0.2) is 4.79 Å². The molecule has 0 amide bonds. The SMILES string of the molecule is CCOC(=O)c1nnc(C)n1C(C)c1cccnc1. The van der Waals surface area contributed by atoms with E-state index in [1.165, 1.54) is 0 Å². The minimum Gasteiger partial charge on any atom is -0.460 e. The van der Waals surface area contributed by atoms with Crippen molar-refractivity contribution < 1.29 is 9.53 Å². The number of rotatable bonds is 4. The van der Waals surface area contributed by atoms with E-state index in [0.29, 0.717) is 12.4 Å². The van der Waals surface area contributed by atoms with Crippen LogP contribution in [0.25, 0.3) is 0 Å². The van der Waals surface area contributed by atoms with Gasteiger partial charge in [-0.2, -0.15) is 0 Å². The van der Waals surface area contributed by atoms with Gasteiger partial charge in [0.05, 0.1) is 12.6 Å². The van der Waals surface area contributed by atoms with Gasteiger partial charge in [-0.15, -0.1) is 10.2 Å². The average molecular weight is 260 g/mol. The van der Waals surface area contributed by atoms with Crippen molar-refractivity contribution in [2.75, 3.05) is 6.61 Å². The maximum atomic E-state index is 11.9. The molecule has 2 rings (SSSR count). The van der Waals surface area contributed by atoms with Crippen molar-refractivity contribution >= 4 is 5.97 Å². The number of carbonyl (C=O) groups excluding carboxylic acids is 1. The first-order valence-corrected chi connectivity index (χ1v) is 6.13. The number of nitrogens with zero attached hydrogens (tertiary/aromatic N) is 4. The molecule has 0 spiro atoms. The van der Waals surface area contributed by atoms with E-state index in [2.05, 4.69) is 15.2 Å². The summed E-state index contributed by atoms with van der Waals surface area (Å²) in [6.45, 7) is 5.85. The van der Waals surface area contributed by atoms with Gasteiger partial charge in [0, 0.05) is 12.4 Å². The van der Waals surface area contributed by atoms with Crippen LogP contribution in [0.4, 0.5) is 0 Å². The molecular formula is C13H16N4O2. The Hall–Kier alpha value is -2.24. The van der Waals surface area contributed by atoms with E-state index < -0.39 is 5.97 Å². The highest BCUT2D eigenvalue weighted by Crippen LogP contribution is 2.20. The molecule has 2 aromatic heterocycles. The summed E-state index contributed by atoms with van der Waals surface area (Å²) in [4.78, 5) is 15.9. The highest BCUT2D eigenvalue weighted by Gasteiger charge is 2.22. The van der Waals surface area contributed by atoms with E-state index in [-0.39, 0.29) is 11.9 Å². The minimum atomic E-state index is -0.459. The van der Waals surface area contributed by atoms with Crippen LogP contribution in [0.5, 0.6) is 0 Å². The molecule has 100 valence electrons. The highest BCUT2D eigenvalue weighted by atomic mass is 16.5. The molecule has 19 heavy (non-hydrogen) atoms. The Morgan fingerprint density at radius 1 is 1.47 bits per heavy atom. The summed E-state index contributed by atoms with van der Waals surface area (Å²) < 4.78 is 6.75. The molecule has 0 aliphatic carbocycles. The molecule has 0 aromatic carbocycles. The smallest absolute Gasteiger partial charge is 0.376 e. The van der Waals surface area contributed by atoms with Crippen LogP contribution in [0.3, 0.4) is 0 Å². The van der Waals surface area contributed by atoms with E-state index in [1.54, 1.807) is 23.9 Å². The molecule has 0 aliphatic rings. The number of aromatic nitrogens is 4. The molecule has 0 bridgehead atoms. The molecule has 0 radical (unpaired) electrons. The zero-order valence-electron chi connectivity index (χ0n) is 11.2. The Morgan fingerprint density at radius 3 is 2.89 bits per heavy atom. The molecule has 0 fully saturated rings. The summed E-state index contributed by atoms with van der Waals surface area (Å²) in [5.74, 6) is 0.425. The summed E-state index contributed by atoms with van der Waals surface area (Å²) in [5.41, 5.74) is 0.982. The molecule has 2 aromatic rings. The molecule has 1 unspecified atom stereocenters. The number of ether oxygens (including phenoxy) is 1. The lowest BCUT2D eigenvalue weighted by Crippen LogP contribution is -2.18. The van der Waals surface area contributed by atoms with Gasteiger partial charge in [0.1, 0.15) is 5.82 Å². The monoisotopic (exact) mass is 260 g/mol. The maximum Gasteiger partial charge on any atom is 0.376 e. The zero-order chi connectivity index (χ0) is 13.8. The molecule has 6 nitrogen and oxygen atoms in total. The van der Waals surface area contributed by atoms with Gasteiger partial charge in [0.15, 0.2) is 0 Å². The first kappa shape index (κ1) is 13.2. The lowest BCUT2D eigenvalue weighted by Gasteiger charge is -2.16. The lowest BCUT2D eigenvalue weighted by atomic mass is 10.1. The Bertz CT molecular complexity index is 565. The van der Waals surface area contributed by atoms with Gasteiger partial charge in [-0.05, 0) is 32.4 Å². The van der Waals surface area contributed by atoms with Crippen molar-refractivity contribution in [3.8, 4) is 0 Å². The van der Waals surface area contributed by atoms with Crippen LogP contribution < -0.4 is 0 Å². The fraction of sp³-hybridized carbons (Fsp3) is 0.385. The second-order valence-corrected chi connectivity index (χ2v) is 4.12. The molecule has 1 atom stereocenters. The van der Waals surface area contributed by atoms with Crippen LogP contribution in [0.15, 0.2) is 24.5 Å². The molecular weight excluding hydrogens is 244 g/mol. The van der Waals surface area contributed by atoms with Crippen LogP contribution >= 0.6 is 0 Å². The van der Waals surface area contributed by atoms with E-state index >= 15 is 0 Å². The summed E-state index contributed by atoms with van der Waals surface area (Å²) >= 11 is 0. The molecule has 2 heterocycles. The topological polar surface area (TPSA) is 69.9 Å². The van der Waals surface area contributed by atoms with Crippen LogP contribution in [0.2, 0.25) is 0 Å². The summed E-state index contributed by atoms with van der Waals surface area (Å²) in [5, 5.41) is 7.86. The van der Waals surface area contributed by atoms with Gasteiger partial charge in [0.25, 0.3) is 0 Å². The largest absolute Gasteiger partial charge is 0.460 e. The molecule has 0 saturated heterocycles. The number of esters is 1. The van der Waals surface area contributed by atoms with Gasteiger partial charge in [-0.1, -0.05) is 6.07 Å². The van der Waals surface area contributed by atoms with Crippen LogP contribution in [0, 0.1) is 6.92 Å². The zero-order valence-corrected chi connectivity index (χ0v) is 11.2. The van der Waals surface area contributed by atoms with E-state index in [9.17, 15) is 4.79 Å². The van der Waals surface area contributed by atoms with E-state index in [1.807, 2.05) is 26.0 Å². The fourth-order valence-corrected chi connectivity index (χ4v) is 1.94. The standard InChI is InChI=1S/C13H16N4O2/c1-4-19-13(18)12-16-15-10(3)17(12)9(2)11-6-5-7-14-8-11/h5-9H,4H2,1-3H3. The third kappa shape index (κ3) is 2.62. The van der Waals surface area contributed by atoms with Crippen LogP contribution in [-0.2, 0) is 4.74 Å². The minimum absolute atomic E-state index is 0.0805. The van der Waals surface area contributed by atoms with Crippen molar-refractivity contribution in [3.63, 3.8) is 0 Å². The Kier molecular flexibility index (Phi) is 3.89. The van der Waals surface area contributed by atoms with Gasteiger partial charge in [0.2, 0.25) is 5.82 Å². The highest BCUT2D eigenvalue weighted by molar-refractivity contribution is 5.85. The normalized spacial score (nSPS) is 12.2. The molecule has 6 heteroatoms. The third-order valence-corrected chi connectivity index (χ3v) is 2.88. The average Bonchev–Trinajstić information content (AvgIpc) is 2.81. The van der Waals surface area contributed by atoms with Gasteiger partial charge in [-0.3, -0.25) is 9.55 Å². The van der Waals surface area contributed by atoms with Crippen LogP contribution in [-0.4, -0.2) is 32.3 Å². The lowest BCUT2D eigenvalue weighted by molar-refractivity contribution is 0.0504. The molecule has 0 saturated carbocycles. The predicted molar refractivity (Wildman–Crippen MR) is 68.8 cm³/mol. The first-order chi connectivity index (χ1) is 9.15. The van der Waals surface area contributed by atoms with Crippen molar-refractivity contribution in [3.05, 3.63) is 41.7 Å². The Balaban J connectivity index is 2.39. The number of hydrogen-bond acceptors (Lipinski definition) is 5. The van der Waals surface area contributed by atoms with Crippen molar-refractivity contribution in [1.82, 2.24) is 19.7 Å². The predicted octanol–water partition coefficient (Wildman–Crippen LogP) is 1.77. The first-order valence-electron chi connectivity index (χ1n) is 6.13. The van der Waals surface area contributed by atoms with Crippen molar-refractivity contribution in [1.29, 1.82) is 0 Å².